The van der Waals surface area contributed by atoms with E-state index >= 15 is 0 Å². The van der Waals surface area contributed by atoms with Crippen molar-refractivity contribution in [2.24, 2.45) is 5.10 Å². The minimum absolute atomic E-state index is 0.227. The van der Waals surface area contributed by atoms with Crippen LogP contribution in [0.1, 0.15) is 34.2 Å². The monoisotopic (exact) mass is 626 g/mol. The molecule has 190 valence electrons. The molecular formula is C27H24Br2N4O4. The van der Waals surface area contributed by atoms with Crippen LogP contribution in [-0.2, 0) is 9.53 Å². The number of rotatable bonds is 8. The van der Waals surface area contributed by atoms with Crippen LogP contribution in [0.5, 0.6) is 5.75 Å². The summed E-state index contributed by atoms with van der Waals surface area (Å²) in [6.45, 7) is 5.82. The molecule has 1 amide bonds. The van der Waals surface area contributed by atoms with Gasteiger partial charge in [0.25, 0.3) is 5.91 Å². The van der Waals surface area contributed by atoms with Crippen LogP contribution in [0.3, 0.4) is 0 Å². The second-order valence-corrected chi connectivity index (χ2v) is 9.79. The number of aromatic nitrogens is 2. The average molecular weight is 628 g/mol. The smallest absolute Gasteiger partial charge is 0.338 e. The summed E-state index contributed by atoms with van der Waals surface area (Å²) < 4.78 is 14.4. The maximum absolute atomic E-state index is 12.4. The van der Waals surface area contributed by atoms with Gasteiger partial charge in [0.05, 0.1) is 22.9 Å². The van der Waals surface area contributed by atoms with Crippen molar-refractivity contribution in [1.82, 2.24) is 15.0 Å². The van der Waals surface area contributed by atoms with Gasteiger partial charge in [-0.3, -0.25) is 9.78 Å². The van der Waals surface area contributed by atoms with E-state index in [4.69, 9.17) is 9.47 Å². The normalized spacial score (nSPS) is 11.2. The predicted octanol–water partition coefficient (Wildman–Crippen LogP) is 5.87. The predicted molar refractivity (Wildman–Crippen MR) is 150 cm³/mol. The lowest BCUT2D eigenvalue weighted by Crippen LogP contribution is -2.24. The topological polar surface area (TPSA) is 94.8 Å². The molecule has 0 bridgehead atoms. The number of amides is 1. The molecule has 0 aliphatic rings. The fourth-order valence-electron chi connectivity index (χ4n) is 3.90. The first-order chi connectivity index (χ1) is 17.8. The average Bonchev–Trinajstić information content (AvgIpc) is 3.16. The minimum atomic E-state index is -0.404. The van der Waals surface area contributed by atoms with Crippen molar-refractivity contribution in [3.8, 4) is 11.4 Å². The molecule has 10 heteroatoms. The number of fused-ring (bicyclic) bond motifs is 1. The van der Waals surface area contributed by atoms with Crippen LogP contribution < -0.4 is 10.2 Å². The number of hydrogen-bond acceptors (Lipinski definition) is 6. The highest BCUT2D eigenvalue weighted by Gasteiger charge is 2.14. The van der Waals surface area contributed by atoms with Gasteiger partial charge in [-0.05, 0) is 79.2 Å². The third kappa shape index (κ3) is 5.91. The highest BCUT2D eigenvalue weighted by molar-refractivity contribution is 9.11. The molecule has 0 atom stereocenters. The molecular weight excluding hydrogens is 604 g/mol. The Bertz CT molecular complexity index is 1500. The van der Waals surface area contributed by atoms with Crippen LogP contribution in [0, 0.1) is 13.8 Å². The standard InChI is InChI=1S/C27H24Br2N4O4/c1-4-36-27(35)18-7-9-20(10-8-18)33-16(2)12-19(17(33)3)14-31-32-24(34)15-37-26-23(29)13-22(28)21-6-5-11-30-25(21)26/h5-14H,4,15H2,1-3H3,(H,32,34)/b31-14+. The number of aryl methyl sites for hydroxylation is 1. The number of nitrogens with one attached hydrogen (secondary N) is 1. The molecule has 0 aliphatic heterocycles. The summed E-state index contributed by atoms with van der Waals surface area (Å²) >= 11 is 6.99. The Morgan fingerprint density at radius 2 is 1.86 bits per heavy atom. The Morgan fingerprint density at radius 1 is 1.11 bits per heavy atom. The summed E-state index contributed by atoms with van der Waals surface area (Å²) in [5, 5.41) is 4.99. The van der Waals surface area contributed by atoms with E-state index in [-0.39, 0.29) is 12.6 Å². The fraction of sp³-hybridized carbons (Fsp3) is 0.185. The van der Waals surface area contributed by atoms with Crippen LogP contribution in [0.4, 0.5) is 0 Å². The zero-order chi connectivity index (χ0) is 26.5. The van der Waals surface area contributed by atoms with Gasteiger partial charge in [-0.1, -0.05) is 22.0 Å². The Labute approximate surface area is 230 Å². The summed E-state index contributed by atoms with van der Waals surface area (Å²) in [4.78, 5) is 28.7. The van der Waals surface area contributed by atoms with Gasteiger partial charge in [0.1, 0.15) is 5.52 Å². The molecule has 4 aromatic rings. The third-order valence-corrected chi connectivity index (χ3v) is 6.84. The molecule has 2 heterocycles. The number of carbonyl (C=O) groups is 2. The summed E-state index contributed by atoms with van der Waals surface area (Å²) in [5.74, 6) is -0.270. The maximum Gasteiger partial charge on any atom is 0.338 e. The largest absolute Gasteiger partial charge is 0.480 e. The van der Waals surface area contributed by atoms with E-state index in [9.17, 15) is 9.59 Å². The molecule has 37 heavy (non-hydrogen) atoms. The van der Waals surface area contributed by atoms with Crippen molar-refractivity contribution in [2.45, 2.75) is 20.8 Å². The van der Waals surface area contributed by atoms with Gasteiger partial charge in [-0.2, -0.15) is 5.10 Å². The number of hydrazone groups is 1. The number of hydrogen-bond donors (Lipinski definition) is 1. The van der Waals surface area contributed by atoms with E-state index in [2.05, 4.69) is 47.4 Å². The van der Waals surface area contributed by atoms with Crippen LogP contribution >= 0.6 is 31.9 Å². The Hall–Kier alpha value is -3.50. The van der Waals surface area contributed by atoms with E-state index in [0.717, 1.165) is 32.5 Å². The molecule has 0 saturated heterocycles. The molecule has 2 aromatic carbocycles. The second-order valence-electron chi connectivity index (χ2n) is 8.08. The molecule has 0 unspecified atom stereocenters. The summed E-state index contributed by atoms with van der Waals surface area (Å²) in [7, 11) is 0. The van der Waals surface area contributed by atoms with Crippen molar-refractivity contribution in [3.63, 3.8) is 0 Å². The quantitative estimate of drug-likeness (QED) is 0.150. The van der Waals surface area contributed by atoms with Crippen LogP contribution in [-0.4, -0.2) is 40.9 Å². The van der Waals surface area contributed by atoms with Crippen molar-refractivity contribution in [1.29, 1.82) is 0 Å². The minimum Gasteiger partial charge on any atom is -0.480 e. The molecule has 0 spiro atoms. The lowest BCUT2D eigenvalue weighted by molar-refractivity contribution is -0.123. The van der Waals surface area contributed by atoms with Gasteiger partial charge >= 0.3 is 5.97 Å². The lowest BCUT2D eigenvalue weighted by atomic mass is 10.2. The number of pyridine rings is 1. The molecule has 2 aromatic heterocycles. The van der Waals surface area contributed by atoms with Gasteiger partial charge in [-0.25, -0.2) is 10.2 Å². The Balaban J connectivity index is 1.42. The SMILES string of the molecule is CCOC(=O)c1ccc(-n2c(C)cc(/C=N/NC(=O)COc3c(Br)cc(Br)c4cccnc34)c2C)cc1. The molecule has 0 fully saturated rings. The van der Waals surface area contributed by atoms with E-state index in [0.29, 0.717) is 27.9 Å². The first-order valence-corrected chi connectivity index (χ1v) is 13.0. The van der Waals surface area contributed by atoms with E-state index < -0.39 is 5.91 Å². The molecule has 0 saturated carbocycles. The van der Waals surface area contributed by atoms with E-state index in [1.807, 2.05) is 54.8 Å². The number of nitrogens with zero attached hydrogens (tertiary/aromatic N) is 3. The highest BCUT2D eigenvalue weighted by Crippen LogP contribution is 2.37. The first-order valence-electron chi connectivity index (χ1n) is 11.4. The number of halogens is 2. The van der Waals surface area contributed by atoms with Crippen LogP contribution in [0.25, 0.3) is 16.6 Å². The Kier molecular flexibility index (Phi) is 8.40. The second kappa shape index (κ2) is 11.7. The molecule has 8 nitrogen and oxygen atoms in total. The number of carbonyl (C=O) groups excluding carboxylic acids is 2. The molecule has 4 rings (SSSR count). The number of esters is 1. The van der Waals surface area contributed by atoms with E-state index in [1.54, 1.807) is 31.5 Å². The molecule has 0 radical (unpaired) electrons. The van der Waals surface area contributed by atoms with Crippen molar-refractivity contribution >= 4 is 60.9 Å². The molecule has 0 aliphatic carbocycles. The zero-order valence-corrected chi connectivity index (χ0v) is 23.6. The highest BCUT2D eigenvalue weighted by atomic mass is 79.9. The van der Waals surface area contributed by atoms with Gasteiger partial charge in [0.15, 0.2) is 12.4 Å². The van der Waals surface area contributed by atoms with Crippen molar-refractivity contribution in [3.05, 3.63) is 86.2 Å². The van der Waals surface area contributed by atoms with Gasteiger partial charge in [0, 0.05) is 38.7 Å². The van der Waals surface area contributed by atoms with E-state index in [1.165, 1.54) is 0 Å². The van der Waals surface area contributed by atoms with Crippen LogP contribution in [0.2, 0.25) is 0 Å². The third-order valence-electron chi connectivity index (χ3n) is 5.60. The molecule has 1 N–H and O–H groups in total. The lowest BCUT2D eigenvalue weighted by Gasteiger charge is -2.11. The van der Waals surface area contributed by atoms with Gasteiger partial charge in [0.2, 0.25) is 0 Å². The number of benzene rings is 2. The summed E-state index contributed by atoms with van der Waals surface area (Å²) in [6, 6.07) is 14.8. The summed E-state index contributed by atoms with van der Waals surface area (Å²) in [6.07, 6.45) is 3.26. The maximum atomic E-state index is 12.4. The van der Waals surface area contributed by atoms with Crippen LogP contribution in [0.15, 0.2) is 68.8 Å². The Morgan fingerprint density at radius 3 is 2.59 bits per heavy atom. The van der Waals surface area contributed by atoms with Crippen molar-refractivity contribution < 1.29 is 19.1 Å². The van der Waals surface area contributed by atoms with Gasteiger partial charge < -0.3 is 14.0 Å². The zero-order valence-electron chi connectivity index (χ0n) is 20.4. The summed E-state index contributed by atoms with van der Waals surface area (Å²) in [5.41, 5.74) is 7.32. The number of ether oxygens (including phenoxy) is 2. The van der Waals surface area contributed by atoms with Gasteiger partial charge in [-0.15, -0.1) is 0 Å². The fourth-order valence-corrected chi connectivity index (χ4v) is 5.29. The van der Waals surface area contributed by atoms with Crippen molar-refractivity contribution in [2.75, 3.05) is 13.2 Å². The first kappa shape index (κ1) is 26.6.